The summed E-state index contributed by atoms with van der Waals surface area (Å²) >= 11 is 1.67. The van der Waals surface area contributed by atoms with Crippen LogP contribution in [0.5, 0.6) is 0 Å². The second kappa shape index (κ2) is 6.94. The number of anilines is 1. The minimum absolute atomic E-state index is 0.0596. The first-order valence-corrected chi connectivity index (χ1v) is 8.17. The van der Waals surface area contributed by atoms with Gasteiger partial charge in [0.2, 0.25) is 0 Å². The van der Waals surface area contributed by atoms with Crippen LogP contribution >= 0.6 is 11.8 Å². The highest BCUT2D eigenvalue weighted by Crippen LogP contribution is 2.29. The third-order valence-corrected chi connectivity index (χ3v) is 3.82. The number of nitrogens with zero attached hydrogens (tertiary/aromatic N) is 2. The van der Waals surface area contributed by atoms with E-state index in [2.05, 4.69) is 50.1 Å². The molecule has 0 atom stereocenters. The molecule has 3 nitrogen and oxygen atoms in total. The first-order valence-electron chi connectivity index (χ1n) is 7.35. The number of hydrogen-bond donors (Lipinski definition) is 1. The van der Waals surface area contributed by atoms with Gasteiger partial charge in [0.15, 0.2) is 0 Å². The Morgan fingerprint density at radius 1 is 1.10 bits per heavy atom. The van der Waals surface area contributed by atoms with Gasteiger partial charge in [0.05, 0.1) is 0 Å². The first-order chi connectivity index (χ1) is 9.99. The summed E-state index contributed by atoms with van der Waals surface area (Å²) in [6.07, 6.45) is 1.08. The Morgan fingerprint density at radius 3 is 2.43 bits per heavy atom. The maximum Gasteiger partial charge on any atom is 0.137 e. The largest absolute Gasteiger partial charge is 0.370 e. The zero-order valence-corrected chi connectivity index (χ0v) is 14.0. The van der Waals surface area contributed by atoms with Crippen LogP contribution in [0.3, 0.4) is 0 Å². The molecule has 0 aliphatic carbocycles. The Bertz CT molecular complexity index is 576. The van der Waals surface area contributed by atoms with Crippen molar-refractivity contribution in [1.29, 1.82) is 0 Å². The maximum absolute atomic E-state index is 4.72. The molecule has 0 amide bonds. The standard InChI is InChI=1S/C17H23N3S/c1-5-11-18-14-12-15(20-16(19-14)17(2,3)4)21-13-9-7-6-8-10-13/h6-10,12H,5,11H2,1-4H3,(H,18,19,20). The van der Waals surface area contributed by atoms with Crippen LogP contribution in [0.4, 0.5) is 5.82 Å². The van der Waals surface area contributed by atoms with Crippen LogP contribution in [0.2, 0.25) is 0 Å². The molecule has 0 aliphatic rings. The van der Waals surface area contributed by atoms with Gasteiger partial charge in [-0.3, -0.25) is 0 Å². The van der Waals surface area contributed by atoms with Crippen LogP contribution in [0.1, 0.15) is 39.9 Å². The van der Waals surface area contributed by atoms with Crippen LogP contribution in [-0.2, 0) is 5.41 Å². The van der Waals surface area contributed by atoms with Crippen LogP contribution in [0, 0.1) is 0 Å². The molecular weight excluding hydrogens is 278 g/mol. The van der Waals surface area contributed by atoms with E-state index >= 15 is 0 Å². The Hall–Kier alpha value is -1.55. The lowest BCUT2D eigenvalue weighted by molar-refractivity contribution is 0.539. The Kier molecular flexibility index (Phi) is 5.23. The van der Waals surface area contributed by atoms with Gasteiger partial charge in [-0.2, -0.15) is 0 Å². The van der Waals surface area contributed by atoms with E-state index in [1.807, 2.05) is 24.3 Å². The van der Waals surface area contributed by atoms with E-state index in [4.69, 9.17) is 4.98 Å². The monoisotopic (exact) mass is 301 g/mol. The van der Waals surface area contributed by atoms with Crippen molar-refractivity contribution in [2.75, 3.05) is 11.9 Å². The average molecular weight is 301 g/mol. The van der Waals surface area contributed by atoms with Crippen molar-refractivity contribution in [2.24, 2.45) is 0 Å². The minimum atomic E-state index is -0.0596. The molecule has 0 spiro atoms. The molecule has 0 aliphatic heterocycles. The van der Waals surface area contributed by atoms with Crippen molar-refractivity contribution >= 4 is 17.6 Å². The Morgan fingerprint density at radius 2 is 1.81 bits per heavy atom. The predicted molar refractivity (Wildman–Crippen MR) is 90.1 cm³/mol. The zero-order chi connectivity index (χ0) is 15.3. The molecule has 0 bridgehead atoms. The summed E-state index contributed by atoms with van der Waals surface area (Å²) < 4.78 is 0. The minimum Gasteiger partial charge on any atom is -0.370 e. The number of hydrogen-bond acceptors (Lipinski definition) is 4. The molecule has 0 unspecified atom stereocenters. The highest BCUT2D eigenvalue weighted by molar-refractivity contribution is 7.99. The van der Waals surface area contributed by atoms with E-state index in [1.165, 1.54) is 4.90 Å². The number of nitrogens with one attached hydrogen (secondary N) is 1. The zero-order valence-electron chi connectivity index (χ0n) is 13.2. The molecule has 112 valence electrons. The SMILES string of the molecule is CCCNc1cc(Sc2ccccc2)nc(C(C)(C)C)n1. The molecule has 2 aromatic rings. The molecule has 0 fully saturated rings. The highest BCUT2D eigenvalue weighted by Gasteiger charge is 2.19. The molecule has 0 radical (unpaired) electrons. The summed E-state index contributed by atoms with van der Waals surface area (Å²) in [7, 11) is 0. The average Bonchev–Trinajstić information content (AvgIpc) is 2.45. The molecule has 1 aromatic carbocycles. The summed E-state index contributed by atoms with van der Waals surface area (Å²) in [4.78, 5) is 10.6. The van der Waals surface area contributed by atoms with Crippen LogP contribution in [-0.4, -0.2) is 16.5 Å². The van der Waals surface area contributed by atoms with Crippen molar-refractivity contribution in [3.63, 3.8) is 0 Å². The molecule has 0 saturated carbocycles. The third-order valence-electron chi connectivity index (χ3n) is 2.90. The fourth-order valence-corrected chi connectivity index (χ4v) is 2.60. The molecule has 2 rings (SSSR count). The Balaban J connectivity index is 2.30. The quantitative estimate of drug-likeness (QED) is 0.809. The molecule has 1 aromatic heterocycles. The normalized spacial score (nSPS) is 11.4. The van der Waals surface area contributed by atoms with Gasteiger partial charge in [-0.25, -0.2) is 9.97 Å². The number of benzene rings is 1. The maximum atomic E-state index is 4.72. The molecular formula is C17H23N3S. The lowest BCUT2D eigenvalue weighted by Gasteiger charge is -2.18. The molecule has 1 N–H and O–H groups in total. The van der Waals surface area contributed by atoms with Gasteiger partial charge in [-0.15, -0.1) is 0 Å². The van der Waals surface area contributed by atoms with Crippen LogP contribution in [0.15, 0.2) is 46.3 Å². The van der Waals surface area contributed by atoms with Gasteiger partial charge < -0.3 is 5.32 Å². The van der Waals surface area contributed by atoms with Gasteiger partial charge in [0.25, 0.3) is 0 Å². The van der Waals surface area contributed by atoms with E-state index in [-0.39, 0.29) is 5.41 Å². The third kappa shape index (κ3) is 4.74. The van der Waals surface area contributed by atoms with Crippen molar-refractivity contribution in [1.82, 2.24) is 9.97 Å². The lowest BCUT2D eigenvalue weighted by atomic mass is 9.96. The van der Waals surface area contributed by atoms with E-state index in [0.717, 1.165) is 29.6 Å². The second-order valence-electron chi connectivity index (χ2n) is 6.01. The van der Waals surface area contributed by atoms with Crippen molar-refractivity contribution in [2.45, 2.75) is 49.5 Å². The molecule has 1 heterocycles. The van der Waals surface area contributed by atoms with Crippen LogP contribution < -0.4 is 5.32 Å². The summed E-state index contributed by atoms with van der Waals surface area (Å²) in [6.45, 7) is 9.50. The summed E-state index contributed by atoms with van der Waals surface area (Å²) in [6, 6.07) is 12.3. The topological polar surface area (TPSA) is 37.8 Å². The molecule has 4 heteroatoms. The second-order valence-corrected chi connectivity index (χ2v) is 7.10. The van der Waals surface area contributed by atoms with Gasteiger partial charge >= 0.3 is 0 Å². The van der Waals surface area contributed by atoms with E-state index in [0.29, 0.717) is 0 Å². The molecule has 0 saturated heterocycles. The fraction of sp³-hybridized carbons (Fsp3) is 0.412. The highest BCUT2D eigenvalue weighted by atomic mass is 32.2. The van der Waals surface area contributed by atoms with Crippen molar-refractivity contribution in [3.05, 3.63) is 42.2 Å². The van der Waals surface area contributed by atoms with E-state index in [9.17, 15) is 0 Å². The molecule has 21 heavy (non-hydrogen) atoms. The summed E-state index contributed by atoms with van der Waals surface area (Å²) in [5, 5.41) is 4.35. The lowest BCUT2D eigenvalue weighted by Crippen LogP contribution is -2.17. The van der Waals surface area contributed by atoms with Gasteiger partial charge in [-0.1, -0.05) is 57.7 Å². The summed E-state index contributed by atoms with van der Waals surface area (Å²) in [5.41, 5.74) is -0.0596. The van der Waals surface area contributed by atoms with E-state index in [1.54, 1.807) is 11.8 Å². The summed E-state index contributed by atoms with van der Waals surface area (Å²) in [5.74, 6) is 1.79. The number of rotatable bonds is 5. The van der Waals surface area contributed by atoms with Gasteiger partial charge in [0, 0.05) is 22.9 Å². The first kappa shape index (κ1) is 15.8. The predicted octanol–water partition coefficient (Wildman–Crippen LogP) is 4.75. The smallest absolute Gasteiger partial charge is 0.137 e. The van der Waals surface area contributed by atoms with Gasteiger partial charge in [-0.05, 0) is 18.6 Å². The van der Waals surface area contributed by atoms with Crippen molar-refractivity contribution in [3.8, 4) is 0 Å². The van der Waals surface area contributed by atoms with E-state index < -0.39 is 0 Å². The van der Waals surface area contributed by atoms with Gasteiger partial charge in [0.1, 0.15) is 16.7 Å². The Labute approximate surface area is 131 Å². The fourth-order valence-electron chi connectivity index (χ4n) is 1.77. The number of aromatic nitrogens is 2. The van der Waals surface area contributed by atoms with Crippen LogP contribution in [0.25, 0.3) is 0 Å². The van der Waals surface area contributed by atoms with Crippen molar-refractivity contribution < 1.29 is 0 Å².